The number of hydrogen-bond donors (Lipinski definition) is 0. The van der Waals surface area contributed by atoms with Gasteiger partial charge in [-0.2, -0.15) is 0 Å². The predicted octanol–water partition coefficient (Wildman–Crippen LogP) is 12.3. The summed E-state index contributed by atoms with van der Waals surface area (Å²) in [6, 6.07) is 53.4. The number of benzene rings is 7. The van der Waals surface area contributed by atoms with Gasteiger partial charge in [-0.25, -0.2) is 9.97 Å². The third-order valence-corrected chi connectivity index (χ3v) is 11.0. The lowest BCUT2D eigenvalue weighted by atomic mass is 9.98. The van der Waals surface area contributed by atoms with E-state index < -0.39 is 0 Å². The van der Waals surface area contributed by atoms with Crippen LogP contribution in [0.25, 0.3) is 103 Å². The van der Waals surface area contributed by atoms with Crippen molar-refractivity contribution in [3.05, 3.63) is 152 Å². The van der Waals surface area contributed by atoms with E-state index in [-0.39, 0.29) is 0 Å². The fraction of sp³-hybridized carbons (Fsp3) is 0. The zero-order valence-corrected chi connectivity index (χ0v) is 26.9. The molecule has 0 unspecified atom stereocenters. The van der Waals surface area contributed by atoms with Crippen LogP contribution in [-0.4, -0.2) is 14.5 Å². The minimum absolute atomic E-state index is 0.705. The van der Waals surface area contributed by atoms with Gasteiger partial charge in [-0.15, -0.1) is 11.3 Å². The molecule has 0 N–H and O–H groups in total. The second-order valence-electron chi connectivity index (χ2n) is 12.5. The second kappa shape index (κ2) is 10.1. The van der Waals surface area contributed by atoms with Crippen LogP contribution in [0.1, 0.15) is 0 Å². The molecule has 0 aliphatic carbocycles. The van der Waals surface area contributed by atoms with Crippen LogP contribution in [0.5, 0.6) is 0 Å². The third-order valence-electron chi connectivity index (χ3n) is 9.81. The number of rotatable bonds is 3. The summed E-state index contributed by atoms with van der Waals surface area (Å²) in [5, 5.41) is 7.82. The first kappa shape index (κ1) is 26.7. The highest BCUT2D eigenvalue weighted by Crippen LogP contribution is 2.45. The van der Waals surface area contributed by atoms with Crippen LogP contribution in [0.3, 0.4) is 0 Å². The molecule has 0 fully saturated rings. The highest BCUT2D eigenvalue weighted by molar-refractivity contribution is 7.26. The van der Waals surface area contributed by atoms with Crippen LogP contribution in [-0.2, 0) is 0 Å². The van der Waals surface area contributed by atoms with E-state index in [2.05, 4.69) is 150 Å². The molecule has 0 bridgehead atoms. The van der Waals surface area contributed by atoms with Gasteiger partial charge in [0.1, 0.15) is 11.2 Å². The molecule has 0 saturated heterocycles. The zero-order valence-electron chi connectivity index (χ0n) is 26.1. The summed E-state index contributed by atoms with van der Waals surface area (Å²) in [6.45, 7) is 0. The van der Waals surface area contributed by atoms with Crippen molar-refractivity contribution in [3.63, 3.8) is 0 Å². The standard InChI is InChI=1S/C44H25N3OS/c1-2-13-26(14-3-1)40-43-41(31-19-8-11-24-38(31)49-43)46-44(45-40)32-25-33-39-36(22-12-23-37(39)48-42(33)30-18-5-4-15-27(30)32)47-34-20-9-6-16-28(34)29-17-7-10-21-35(29)47/h1-25H. The molecule has 0 saturated carbocycles. The molecular formula is C44H25N3OS. The molecule has 0 spiro atoms. The Morgan fingerprint density at radius 1 is 0.531 bits per heavy atom. The van der Waals surface area contributed by atoms with E-state index in [1.807, 2.05) is 6.07 Å². The smallest absolute Gasteiger partial charge is 0.161 e. The Labute approximate surface area is 284 Å². The Bertz CT molecular complexity index is 3060. The Hall–Kier alpha value is -6.30. The number of nitrogens with zero attached hydrogens (tertiary/aromatic N) is 3. The summed E-state index contributed by atoms with van der Waals surface area (Å²) in [7, 11) is 0. The van der Waals surface area contributed by atoms with Gasteiger partial charge in [-0.1, -0.05) is 115 Å². The molecule has 0 aliphatic rings. The molecule has 4 aromatic heterocycles. The molecule has 5 heteroatoms. The maximum Gasteiger partial charge on any atom is 0.161 e. The summed E-state index contributed by atoms with van der Waals surface area (Å²) in [5.41, 5.74) is 9.13. The van der Waals surface area contributed by atoms with Crippen molar-refractivity contribution >= 4 is 86.2 Å². The molecule has 49 heavy (non-hydrogen) atoms. The minimum atomic E-state index is 0.705. The van der Waals surface area contributed by atoms with Gasteiger partial charge in [0.2, 0.25) is 0 Å². The van der Waals surface area contributed by atoms with E-state index in [9.17, 15) is 0 Å². The average Bonchev–Trinajstić information content (AvgIpc) is 3.84. The molecule has 228 valence electrons. The number of thiophene rings is 1. The molecular weight excluding hydrogens is 619 g/mol. The largest absolute Gasteiger partial charge is 0.455 e. The fourth-order valence-electron chi connectivity index (χ4n) is 7.69. The monoisotopic (exact) mass is 643 g/mol. The topological polar surface area (TPSA) is 43.9 Å². The second-order valence-corrected chi connectivity index (χ2v) is 13.6. The number of hydrogen-bond acceptors (Lipinski definition) is 4. The molecule has 0 amide bonds. The van der Waals surface area contributed by atoms with Gasteiger partial charge in [-0.05, 0) is 41.8 Å². The first-order valence-electron chi connectivity index (χ1n) is 16.4. The lowest BCUT2D eigenvalue weighted by Crippen LogP contribution is -1.96. The van der Waals surface area contributed by atoms with E-state index in [0.717, 1.165) is 81.9 Å². The zero-order chi connectivity index (χ0) is 32.1. The van der Waals surface area contributed by atoms with E-state index in [1.54, 1.807) is 11.3 Å². The van der Waals surface area contributed by atoms with E-state index >= 15 is 0 Å². The number of furan rings is 1. The summed E-state index contributed by atoms with van der Waals surface area (Å²) in [5.74, 6) is 0.705. The van der Waals surface area contributed by atoms with Gasteiger partial charge in [0.15, 0.2) is 5.82 Å². The first-order valence-corrected chi connectivity index (χ1v) is 17.2. The van der Waals surface area contributed by atoms with Crippen molar-refractivity contribution in [1.29, 1.82) is 0 Å². The SMILES string of the molecule is c1ccc(-c2nc(-c3cc4c(oc5cccc(-n6c7ccccc7c7ccccc76)c54)c4ccccc34)nc3c2sc2ccccc23)cc1. The Kier molecular flexibility index (Phi) is 5.51. The molecule has 0 aliphatic heterocycles. The van der Waals surface area contributed by atoms with Gasteiger partial charge in [0.05, 0.1) is 38.0 Å². The maximum absolute atomic E-state index is 6.78. The Morgan fingerprint density at radius 2 is 1.18 bits per heavy atom. The first-order chi connectivity index (χ1) is 24.3. The van der Waals surface area contributed by atoms with Gasteiger partial charge in [0, 0.05) is 42.8 Å². The number of para-hydroxylation sites is 2. The van der Waals surface area contributed by atoms with Gasteiger partial charge in [0.25, 0.3) is 0 Å². The Morgan fingerprint density at radius 3 is 1.96 bits per heavy atom. The van der Waals surface area contributed by atoms with Crippen molar-refractivity contribution in [3.8, 4) is 28.3 Å². The minimum Gasteiger partial charge on any atom is -0.455 e. The van der Waals surface area contributed by atoms with Crippen molar-refractivity contribution in [2.45, 2.75) is 0 Å². The number of fused-ring (bicyclic) bond motifs is 11. The van der Waals surface area contributed by atoms with Gasteiger partial charge in [-0.3, -0.25) is 0 Å². The van der Waals surface area contributed by atoms with Gasteiger partial charge >= 0.3 is 0 Å². The van der Waals surface area contributed by atoms with Crippen molar-refractivity contribution in [2.24, 2.45) is 0 Å². The quantitative estimate of drug-likeness (QED) is 0.192. The highest BCUT2D eigenvalue weighted by Gasteiger charge is 2.22. The van der Waals surface area contributed by atoms with Crippen LogP contribution in [0, 0.1) is 0 Å². The Balaban J connectivity index is 1.28. The molecule has 0 radical (unpaired) electrons. The van der Waals surface area contributed by atoms with Crippen molar-refractivity contribution in [1.82, 2.24) is 14.5 Å². The van der Waals surface area contributed by atoms with E-state index in [4.69, 9.17) is 14.4 Å². The maximum atomic E-state index is 6.78. The normalized spacial score (nSPS) is 12.1. The summed E-state index contributed by atoms with van der Waals surface area (Å²) in [6.07, 6.45) is 0. The van der Waals surface area contributed by atoms with Crippen LogP contribution >= 0.6 is 11.3 Å². The predicted molar refractivity (Wildman–Crippen MR) is 205 cm³/mol. The summed E-state index contributed by atoms with van der Waals surface area (Å²) < 4.78 is 11.5. The van der Waals surface area contributed by atoms with E-state index in [1.165, 1.54) is 15.5 Å². The average molecular weight is 644 g/mol. The van der Waals surface area contributed by atoms with Crippen LogP contribution < -0.4 is 0 Å². The summed E-state index contributed by atoms with van der Waals surface area (Å²) in [4.78, 5) is 10.7. The molecule has 4 nitrogen and oxygen atoms in total. The molecule has 11 aromatic rings. The summed E-state index contributed by atoms with van der Waals surface area (Å²) >= 11 is 1.76. The van der Waals surface area contributed by atoms with E-state index in [0.29, 0.717) is 5.82 Å². The fourth-order valence-corrected chi connectivity index (χ4v) is 8.84. The molecule has 0 atom stereocenters. The number of aromatic nitrogens is 3. The molecule has 4 heterocycles. The van der Waals surface area contributed by atoms with Crippen LogP contribution in [0.15, 0.2) is 156 Å². The lowest BCUT2D eigenvalue weighted by molar-refractivity contribution is 0.672. The lowest BCUT2D eigenvalue weighted by Gasteiger charge is -2.11. The van der Waals surface area contributed by atoms with Crippen LogP contribution in [0.4, 0.5) is 0 Å². The highest BCUT2D eigenvalue weighted by atomic mass is 32.1. The third kappa shape index (κ3) is 3.79. The van der Waals surface area contributed by atoms with Crippen LogP contribution in [0.2, 0.25) is 0 Å². The van der Waals surface area contributed by atoms with Gasteiger partial charge < -0.3 is 8.98 Å². The molecule has 11 rings (SSSR count). The van der Waals surface area contributed by atoms with Crippen molar-refractivity contribution < 1.29 is 4.42 Å². The molecule has 7 aromatic carbocycles. The van der Waals surface area contributed by atoms with Crippen molar-refractivity contribution in [2.75, 3.05) is 0 Å².